The molecule has 0 saturated carbocycles. The van der Waals surface area contributed by atoms with Crippen LogP contribution in [0.2, 0.25) is 0 Å². The van der Waals surface area contributed by atoms with E-state index in [-0.39, 0.29) is 44.5 Å². The van der Waals surface area contributed by atoms with Crippen LogP contribution in [0.1, 0.15) is 30.0 Å². The minimum absolute atomic E-state index is 0.0542. The maximum Gasteiger partial charge on any atom is 0.269 e. The van der Waals surface area contributed by atoms with E-state index >= 15 is 0 Å². The van der Waals surface area contributed by atoms with E-state index in [1.807, 2.05) is 91.0 Å². The lowest BCUT2D eigenvalue weighted by Gasteiger charge is -2.29. The topological polar surface area (TPSA) is 111 Å². The quantitative estimate of drug-likeness (QED) is 0.189. The predicted octanol–water partition coefficient (Wildman–Crippen LogP) is 5.84. The second-order valence-electron chi connectivity index (χ2n) is 11.9. The van der Waals surface area contributed by atoms with Gasteiger partial charge in [0.05, 0.1) is 24.5 Å². The van der Waals surface area contributed by atoms with Gasteiger partial charge in [0.1, 0.15) is 5.75 Å². The predicted molar refractivity (Wildman–Crippen MR) is 187 cm³/mol. The molecule has 10 heteroatoms. The fourth-order valence-corrected chi connectivity index (χ4v) is 6.61. The van der Waals surface area contributed by atoms with Crippen molar-refractivity contribution in [3.05, 3.63) is 130 Å². The van der Waals surface area contributed by atoms with Gasteiger partial charge in [-0.2, -0.15) is 0 Å². The Morgan fingerprint density at radius 3 is 2.46 bits per heavy atom. The van der Waals surface area contributed by atoms with Crippen LogP contribution in [0.3, 0.4) is 0 Å². The molecule has 2 heterocycles. The number of carbonyl (C=O) groups excluding carboxylic acids is 3. The number of hydrogen-bond donors (Lipinski definition) is 2. The maximum atomic E-state index is 14.1. The van der Waals surface area contributed by atoms with Gasteiger partial charge >= 0.3 is 0 Å². The van der Waals surface area contributed by atoms with Gasteiger partial charge in [0.2, 0.25) is 5.91 Å². The highest BCUT2D eigenvalue weighted by molar-refractivity contribution is 9.10. The first-order chi connectivity index (χ1) is 23.2. The van der Waals surface area contributed by atoms with Gasteiger partial charge in [-0.1, -0.05) is 89.6 Å². The summed E-state index contributed by atoms with van der Waals surface area (Å²) in [5.74, 6) is -0.844. The second-order valence-corrected chi connectivity index (χ2v) is 12.8. The first-order valence-corrected chi connectivity index (χ1v) is 16.6. The smallest absolute Gasteiger partial charge is 0.269 e. The highest BCUT2D eigenvalue weighted by Crippen LogP contribution is 2.47. The Labute approximate surface area is 287 Å². The molecule has 6 rings (SSSR count). The van der Waals surface area contributed by atoms with Crippen LogP contribution in [0.25, 0.3) is 0 Å². The molecule has 0 radical (unpaired) electrons. The molecule has 48 heavy (non-hydrogen) atoms. The van der Waals surface area contributed by atoms with Crippen molar-refractivity contribution < 1.29 is 29.3 Å². The highest BCUT2D eigenvalue weighted by Gasteiger charge is 2.52. The highest BCUT2D eigenvalue weighted by atomic mass is 79.9. The number of carbonyl (C=O) groups is 3. The summed E-state index contributed by atoms with van der Waals surface area (Å²) in [6.45, 7) is 2.33. The largest absolute Gasteiger partial charge is 0.482 e. The molecule has 3 amide bonds. The van der Waals surface area contributed by atoms with Gasteiger partial charge in [-0.25, -0.2) is 0 Å². The number of ether oxygens (including phenoxy) is 1. The van der Waals surface area contributed by atoms with Gasteiger partial charge in [0.25, 0.3) is 11.8 Å². The van der Waals surface area contributed by atoms with Crippen LogP contribution < -0.4 is 14.5 Å². The minimum Gasteiger partial charge on any atom is -0.482 e. The first-order valence-electron chi connectivity index (χ1n) is 15.8. The summed E-state index contributed by atoms with van der Waals surface area (Å²) in [6, 6.07) is 29.7. The van der Waals surface area contributed by atoms with E-state index in [2.05, 4.69) is 15.9 Å². The number of aliphatic hydroxyl groups excluding tert-OH is 1. The molecule has 2 N–H and O–H groups in total. The van der Waals surface area contributed by atoms with Gasteiger partial charge in [-0.3, -0.25) is 19.3 Å². The third-order valence-corrected chi connectivity index (χ3v) is 9.28. The molecule has 9 nitrogen and oxygen atoms in total. The second kappa shape index (κ2) is 14.1. The van der Waals surface area contributed by atoms with Crippen molar-refractivity contribution in [2.45, 2.75) is 32.0 Å². The lowest BCUT2D eigenvalue weighted by molar-refractivity contribution is -0.139. The Balaban J connectivity index is 1.19. The summed E-state index contributed by atoms with van der Waals surface area (Å²) in [6.07, 6.45) is 3.44. The molecule has 246 valence electrons. The fraction of sp³-hybridized carbons (Fsp3) is 0.237. The van der Waals surface area contributed by atoms with Crippen LogP contribution in [-0.4, -0.2) is 52.6 Å². The van der Waals surface area contributed by atoms with Crippen LogP contribution in [-0.2, 0) is 33.1 Å². The molecule has 2 aliphatic rings. The van der Waals surface area contributed by atoms with Gasteiger partial charge in [0.15, 0.2) is 12.2 Å². The lowest BCUT2D eigenvalue weighted by atomic mass is 9.83. The zero-order valence-electron chi connectivity index (χ0n) is 26.5. The molecule has 4 aromatic carbocycles. The van der Waals surface area contributed by atoms with E-state index in [1.54, 1.807) is 39.8 Å². The van der Waals surface area contributed by atoms with Crippen molar-refractivity contribution in [2.24, 2.45) is 5.92 Å². The molecular formula is C38H36BrN3O6. The zero-order chi connectivity index (χ0) is 33.8. The molecular weight excluding hydrogens is 674 g/mol. The molecule has 0 unspecified atom stereocenters. The van der Waals surface area contributed by atoms with E-state index in [9.17, 15) is 24.6 Å². The summed E-state index contributed by atoms with van der Waals surface area (Å²) < 4.78 is 6.30. The maximum absolute atomic E-state index is 14.1. The number of anilines is 3. The monoisotopic (exact) mass is 709 g/mol. The van der Waals surface area contributed by atoms with E-state index in [4.69, 9.17) is 4.74 Å². The van der Waals surface area contributed by atoms with Crippen molar-refractivity contribution in [1.82, 2.24) is 4.90 Å². The lowest BCUT2D eigenvalue weighted by Crippen LogP contribution is -2.44. The summed E-state index contributed by atoms with van der Waals surface area (Å²) >= 11 is 3.49. The molecule has 0 aliphatic carbocycles. The summed E-state index contributed by atoms with van der Waals surface area (Å²) in [5, 5.41) is 21.6. The van der Waals surface area contributed by atoms with Crippen molar-refractivity contribution in [2.75, 3.05) is 29.6 Å². The summed E-state index contributed by atoms with van der Waals surface area (Å²) in [5.41, 5.74) is 2.33. The van der Waals surface area contributed by atoms with Crippen molar-refractivity contribution in [3.63, 3.8) is 0 Å². The SMILES string of the molecule is C[C@@H](/C=C/CC(=O)N(CCO)Cc1ccccc1)[C@]1(O)C(=O)N(Cc2ccc(N3C(=O)COc4ccccc43)cc2)c2ccc(Br)cc21. The number of fused-ring (bicyclic) bond motifs is 2. The Kier molecular flexibility index (Phi) is 9.77. The number of aliphatic hydroxyl groups is 2. The summed E-state index contributed by atoms with van der Waals surface area (Å²) in [7, 11) is 0. The van der Waals surface area contributed by atoms with E-state index in [1.165, 1.54) is 0 Å². The Hall–Kier alpha value is -4.77. The minimum atomic E-state index is -1.86. The Bertz CT molecular complexity index is 1850. The molecule has 2 atom stereocenters. The third-order valence-electron chi connectivity index (χ3n) is 8.79. The standard InChI is InChI=1S/C38H36BrN3O6/c1-26(8-7-13-35(44)40(20-21-43)23-27-9-3-2-4-10-27)38(47)31-22-29(39)16-19-32(31)41(37(38)46)24-28-14-17-30(18-15-28)42-33-11-5-6-12-34(33)48-25-36(42)45/h2-12,14-19,22,26,43,47H,13,20-21,23-25H2,1H3/b8-7+/t26-,38+/m0/s1. The molecule has 2 aliphatic heterocycles. The average Bonchev–Trinajstić information content (AvgIpc) is 3.30. The molecule has 0 saturated heterocycles. The fourth-order valence-electron chi connectivity index (χ4n) is 6.25. The zero-order valence-corrected chi connectivity index (χ0v) is 28.0. The van der Waals surface area contributed by atoms with Gasteiger partial charge in [-0.05, 0) is 53.6 Å². The van der Waals surface area contributed by atoms with Crippen LogP contribution in [0.5, 0.6) is 5.75 Å². The Morgan fingerprint density at radius 2 is 1.71 bits per heavy atom. The molecule has 4 aromatic rings. The molecule has 0 bridgehead atoms. The Morgan fingerprint density at radius 1 is 0.979 bits per heavy atom. The number of benzene rings is 4. The molecule has 0 fully saturated rings. The summed E-state index contributed by atoms with van der Waals surface area (Å²) in [4.78, 5) is 44.7. The van der Waals surface area contributed by atoms with Crippen LogP contribution in [0.15, 0.2) is 114 Å². The number of nitrogens with zero attached hydrogens (tertiary/aromatic N) is 3. The average molecular weight is 711 g/mol. The van der Waals surface area contributed by atoms with Crippen LogP contribution in [0.4, 0.5) is 17.1 Å². The van der Waals surface area contributed by atoms with Crippen LogP contribution in [0, 0.1) is 5.92 Å². The number of halogens is 1. The van der Waals surface area contributed by atoms with E-state index in [0.717, 1.165) is 15.6 Å². The first kappa shape index (κ1) is 33.1. The van der Waals surface area contributed by atoms with Crippen molar-refractivity contribution in [3.8, 4) is 5.75 Å². The van der Waals surface area contributed by atoms with Gasteiger partial charge in [-0.15, -0.1) is 0 Å². The normalized spacial score (nSPS) is 17.7. The van der Waals surface area contributed by atoms with E-state index in [0.29, 0.717) is 34.9 Å². The number of para-hydroxylation sites is 2. The molecule has 0 aromatic heterocycles. The third kappa shape index (κ3) is 6.51. The number of hydrogen-bond acceptors (Lipinski definition) is 6. The van der Waals surface area contributed by atoms with E-state index < -0.39 is 17.4 Å². The molecule has 0 spiro atoms. The number of rotatable bonds is 11. The van der Waals surface area contributed by atoms with Crippen LogP contribution >= 0.6 is 15.9 Å². The van der Waals surface area contributed by atoms with Gasteiger partial charge in [0, 0.05) is 41.2 Å². The van der Waals surface area contributed by atoms with Crippen molar-refractivity contribution in [1.29, 1.82) is 0 Å². The number of amides is 3. The van der Waals surface area contributed by atoms with Crippen molar-refractivity contribution >= 4 is 50.7 Å². The van der Waals surface area contributed by atoms with Gasteiger partial charge < -0.3 is 24.7 Å².